The molecule has 2 rings (SSSR count). The second kappa shape index (κ2) is 4.69. The number of ether oxygens (including phenoxy) is 1. The van der Waals surface area contributed by atoms with Crippen LogP contribution >= 0.6 is 23.2 Å². The molecule has 1 fully saturated rings. The molecular weight excluding hydrogens is 251 g/mol. The fourth-order valence-corrected chi connectivity index (χ4v) is 2.16. The Morgan fingerprint density at radius 3 is 2.44 bits per heavy atom. The standard InChI is InChI=1S/C9H12Cl2N4O/c1-5-3-15(4-6(2)16-5)8-7(10)13-14-9(11)12-8/h5-6H,3-4H2,1-2H3/t5-,6+. The Labute approximate surface area is 104 Å². The van der Waals surface area contributed by atoms with Gasteiger partial charge in [-0.3, -0.25) is 0 Å². The van der Waals surface area contributed by atoms with E-state index in [4.69, 9.17) is 27.9 Å². The van der Waals surface area contributed by atoms with Crippen LogP contribution in [0.15, 0.2) is 0 Å². The van der Waals surface area contributed by atoms with Crippen LogP contribution in [0.5, 0.6) is 0 Å². The van der Waals surface area contributed by atoms with Crippen molar-refractivity contribution in [1.29, 1.82) is 0 Å². The summed E-state index contributed by atoms with van der Waals surface area (Å²) >= 11 is 11.7. The van der Waals surface area contributed by atoms with E-state index >= 15 is 0 Å². The minimum atomic E-state index is 0.103. The largest absolute Gasteiger partial charge is 0.372 e. The van der Waals surface area contributed by atoms with Crippen LogP contribution in [0.25, 0.3) is 0 Å². The van der Waals surface area contributed by atoms with Crippen LogP contribution in [0.1, 0.15) is 13.8 Å². The number of aromatic nitrogens is 3. The minimum Gasteiger partial charge on any atom is -0.372 e. The van der Waals surface area contributed by atoms with E-state index in [9.17, 15) is 0 Å². The van der Waals surface area contributed by atoms with Crippen molar-refractivity contribution in [1.82, 2.24) is 15.2 Å². The summed E-state index contributed by atoms with van der Waals surface area (Å²) in [5.74, 6) is 0.573. The predicted octanol–water partition coefficient (Wildman–Crippen LogP) is 1.79. The molecule has 2 heterocycles. The van der Waals surface area contributed by atoms with Crippen molar-refractivity contribution in [3.63, 3.8) is 0 Å². The molecular formula is C9H12Cl2N4O. The first kappa shape index (κ1) is 11.8. The Kier molecular flexibility index (Phi) is 3.47. The van der Waals surface area contributed by atoms with Gasteiger partial charge >= 0.3 is 0 Å². The topological polar surface area (TPSA) is 51.1 Å². The van der Waals surface area contributed by atoms with Gasteiger partial charge in [-0.15, -0.1) is 10.2 Å². The summed E-state index contributed by atoms with van der Waals surface area (Å²) in [4.78, 5) is 6.11. The molecule has 0 aromatic carbocycles. The van der Waals surface area contributed by atoms with Crippen molar-refractivity contribution in [3.05, 3.63) is 10.4 Å². The number of hydrogen-bond donors (Lipinski definition) is 0. The summed E-state index contributed by atoms with van der Waals surface area (Å²) in [5, 5.41) is 7.70. The smallest absolute Gasteiger partial charge is 0.245 e. The zero-order chi connectivity index (χ0) is 11.7. The Bertz CT molecular complexity index is 380. The molecule has 88 valence electrons. The number of nitrogens with zero attached hydrogens (tertiary/aromatic N) is 4. The Morgan fingerprint density at radius 1 is 1.19 bits per heavy atom. The highest BCUT2D eigenvalue weighted by atomic mass is 35.5. The molecule has 1 aromatic rings. The van der Waals surface area contributed by atoms with Gasteiger partial charge < -0.3 is 9.64 Å². The average Bonchev–Trinajstić information content (AvgIpc) is 2.20. The number of anilines is 1. The Balaban J connectivity index is 2.25. The lowest BCUT2D eigenvalue weighted by Crippen LogP contribution is -2.46. The summed E-state index contributed by atoms with van der Waals surface area (Å²) in [5.41, 5.74) is 0. The van der Waals surface area contributed by atoms with E-state index < -0.39 is 0 Å². The van der Waals surface area contributed by atoms with E-state index in [1.54, 1.807) is 0 Å². The third-order valence-corrected chi connectivity index (χ3v) is 2.73. The van der Waals surface area contributed by atoms with Crippen LogP contribution in [0.2, 0.25) is 10.4 Å². The van der Waals surface area contributed by atoms with Crippen molar-refractivity contribution in [2.45, 2.75) is 26.1 Å². The van der Waals surface area contributed by atoms with Crippen molar-refractivity contribution in [2.24, 2.45) is 0 Å². The SMILES string of the molecule is C[C@@H]1CN(c2nc(Cl)nnc2Cl)C[C@H](C)O1. The summed E-state index contributed by atoms with van der Waals surface area (Å²) in [6.07, 6.45) is 0.266. The van der Waals surface area contributed by atoms with Gasteiger partial charge in [0.2, 0.25) is 5.28 Å². The summed E-state index contributed by atoms with van der Waals surface area (Å²) in [6.45, 7) is 5.46. The van der Waals surface area contributed by atoms with Gasteiger partial charge in [0.05, 0.1) is 12.2 Å². The maximum atomic E-state index is 5.95. The number of morpholine rings is 1. The molecule has 0 unspecified atom stereocenters. The summed E-state index contributed by atoms with van der Waals surface area (Å²) in [7, 11) is 0. The van der Waals surface area contributed by atoms with E-state index in [1.165, 1.54) is 0 Å². The van der Waals surface area contributed by atoms with Gasteiger partial charge in [0.25, 0.3) is 0 Å². The lowest BCUT2D eigenvalue weighted by Gasteiger charge is -2.35. The first-order valence-corrected chi connectivity index (χ1v) is 5.78. The Hall–Kier alpha value is -0.650. The molecule has 1 aliphatic rings. The quantitative estimate of drug-likeness (QED) is 0.773. The number of hydrogen-bond acceptors (Lipinski definition) is 5. The minimum absolute atomic E-state index is 0.103. The molecule has 0 radical (unpaired) electrons. The average molecular weight is 263 g/mol. The van der Waals surface area contributed by atoms with E-state index in [1.807, 2.05) is 18.7 Å². The molecule has 0 spiro atoms. The molecule has 1 saturated heterocycles. The fourth-order valence-electron chi connectivity index (χ4n) is 1.84. The second-order valence-electron chi connectivity index (χ2n) is 3.86. The molecule has 0 amide bonds. The highest BCUT2D eigenvalue weighted by Gasteiger charge is 2.25. The number of halogens is 2. The van der Waals surface area contributed by atoms with Crippen LogP contribution in [-0.4, -0.2) is 40.5 Å². The third-order valence-electron chi connectivity index (χ3n) is 2.32. The van der Waals surface area contributed by atoms with Gasteiger partial charge in [-0.2, -0.15) is 4.98 Å². The lowest BCUT2D eigenvalue weighted by atomic mass is 10.2. The molecule has 0 saturated carbocycles. The molecule has 1 aromatic heterocycles. The highest BCUT2D eigenvalue weighted by Crippen LogP contribution is 2.24. The zero-order valence-electron chi connectivity index (χ0n) is 9.02. The van der Waals surface area contributed by atoms with E-state index in [0.29, 0.717) is 5.82 Å². The lowest BCUT2D eigenvalue weighted by molar-refractivity contribution is -0.00548. The monoisotopic (exact) mass is 262 g/mol. The fraction of sp³-hybridized carbons (Fsp3) is 0.667. The maximum Gasteiger partial charge on any atom is 0.245 e. The van der Waals surface area contributed by atoms with Crippen molar-refractivity contribution < 1.29 is 4.74 Å². The molecule has 2 atom stereocenters. The van der Waals surface area contributed by atoms with Crippen molar-refractivity contribution >= 4 is 29.0 Å². The van der Waals surface area contributed by atoms with Crippen LogP contribution in [-0.2, 0) is 4.74 Å². The molecule has 0 aliphatic carbocycles. The molecule has 0 N–H and O–H groups in total. The van der Waals surface area contributed by atoms with Gasteiger partial charge in [0.15, 0.2) is 11.0 Å². The van der Waals surface area contributed by atoms with E-state index in [2.05, 4.69) is 15.2 Å². The molecule has 0 bridgehead atoms. The summed E-state index contributed by atoms with van der Waals surface area (Å²) < 4.78 is 5.63. The normalized spacial score (nSPS) is 25.9. The van der Waals surface area contributed by atoms with E-state index in [-0.39, 0.29) is 22.6 Å². The van der Waals surface area contributed by atoms with Crippen molar-refractivity contribution in [3.8, 4) is 0 Å². The first-order chi connectivity index (χ1) is 7.56. The number of rotatable bonds is 1. The van der Waals surface area contributed by atoms with Crippen LogP contribution in [0, 0.1) is 0 Å². The third kappa shape index (κ3) is 2.53. The van der Waals surface area contributed by atoms with Crippen LogP contribution in [0.4, 0.5) is 5.82 Å². The van der Waals surface area contributed by atoms with Crippen molar-refractivity contribution in [2.75, 3.05) is 18.0 Å². The molecule has 16 heavy (non-hydrogen) atoms. The molecule has 1 aliphatic heterocycles. The van der Waals surface area contributed by atoms with Crippen LogP contribution < -0.4 is 4.90 Å². The Morgan fingerprint density at radius 2 is 1.81 bits per heavy atom. The highest BCUT2D eigenvalue weighted by molar-refractivity contribution is 6.32. The molecule has 5 nitrogen and oxygen atoms in total. The maximum absolute atomic E-state index is 5.95. The van der Waals surface area contributed by atoms with Crippen LogP contribution in [0.3, 0.4) is 0 Å². The van der Waals surface area contributed by atoms with Gasteiger partial charge in [0.1, 0.15) is 0 Å². The predicted molar refractivity (Wildman–Crippen MR) is 62.1 cm³/mol. The first-order valence-electron chi connectivity index (χ1n) is 5.02. The van der Waals surface area contributed by atoms with Gasteiger partial charge in [-0.1, -0.05) is 11.6 Å². The summed E-state index contributed by atoms with van der Waals surface area (Å²) in [6, 6.07) is 0. The second-order valence-corrected chi connectivity index (χ2v) is 4.55. The zero-order valence-corrected chi connectivity index (χ0v) is 10.5. The van der Waals surface area contributed by atoms with Gasteiger partial charge in [-0.05, 0) is 25.4 Å². The van der Waals surface area contributed by atoms with Gasteiger partial charge in [-0.25, -0.2) is 0 Å². The van der Waals surface area contributed by atoms with E-state index in [0.717, 1.165) is 13.1 Å². The van der Waals surface area contributed by atoms with Gasteiger partial charge in [0, 0.05) is 13.1 Å². The molecule has 7 heteroatoms.